The SMILES string of the molecule is COc1cc(C)c(S(=O)(=O)NC(=N)NCCC[C@H](NC(=O)CN=[N+]=[N-])C(=O)OC(C)(C)C)c(C)c1C. The van der Waals surface area contributed by atoms with Crippen molar-refractivity contribution in [2.75, 3.05) is 20.2 Å². The molecule has 0 aliphatic rings. The lowest BCUT2D eigenvalue weighted by atomic mass is 10.1. The standard InChI is InChI=1S/C22H35N7O6S/c1-13-11-17(34-7)14(2)15(3)19(13)36(32,33)28-21(23)25-10-8-9-16(20(31)35-22(4,5)6)27-18(30)12-26-29-24/h11,16H,8-10,12H2,1-7H3,(H,27,30)(H3,23,25,28)/t16-/m0/s1. The predicted molar refractivity (Wildman–Crippen MR) is 134 cm³/mol. The Balaban J connectivity index is 2.79. The second-order valence-corrected chi connectivity index (χ2v) is 10.7. The molecule has 0 spiro atoms. The van der Waals surface area contributed by atoms with Gasteiger partial charge in [0.1, 0.15) is 23.9 Å². The molecule has 0 radical (unpaired) electrons. The minimum Gasteiger partial charge on any atom is -0.496 e. The molecule has 0 aliphatic heterocycles. The van der Waals surface area contributed by atoms with E-state index in [2.05, 4.69) is 25.4 Å². The molecule has 0 saturated heterocycles. The molecule has 13 nitrogen and oxygen atoms in total. The summed E-state index contributed by atoms with van der Waals surface area (Å²) in [5.41, 5.74) is 9.26. The molecule has 1 atom stereocenters. The van der Waals surface area contributed by atoms with Crippen LogP contribution in [0.1, 0.15) is 50.3 Å². The number of ether oxygens (including phenoxy) is 2. The molecular weight excluding hydrogens is 490 g/mol. The van der Waals surface area contributed by atoms with Crippen LogP contribution in [-0.2, 0) is 24.3 Å². The van der Waals surface area contributed by atoms with Crippen molar-refractivity contribution < 1.29 is 27.5 Å². The third-order valence-corrected chi connectivity index (χ3v) is 6.62. The molecular formula is C22H35N7O6S. The van der Waals surface area contributed by atoms with Gasteiger partial charge in [-0.25, -0.2) is 17.9 Å². The lowest BCUT2D eigenvalue weighted by Crippen LogP contribution is -2.45. The van der Waals surface area contributed by atoms with Gasteiger partial charge in [0.25, 0.3) is 10.0 Å². The fourth-order valence-electron chi connectivity index (χ4n) is 3.35. The number of nitrogens with zero attached hydrogens (tertiary/aromatic N) is 3. The van der Waals surface area contributed by atoms with E-state index in [-0.39, 0.29) is 24.3 Å². The first-order valence-electron chi connectivity index (χ1n) is 11.2. The highest BCUT2D eigenvalue weighted by molar-refractivity contribution is 7.90. The van der Waals surface area contributed by atoms with E-state index >= 15 is 0 Å². The molecule has 1 rings (SSSR count). The maximum Gasteiger partial charge on any atom is 0.329 e. The number of amides is 1. The van der Waals surface area contributed by atoms with Gasteiger partial charge in [-0.2, -0.15) is 0 Å². The molecule has 0 fully saturated rings. The number of rotatable bonds is 11. The Kier molecular flexibility index (Phi) is 11.0. The van der Waals surface area contributed by atoms with E-state index in [4.69, 9.17) is 20.4 Å². The van der Waals surface area contributed by atoms with E-state index in [1.165, 1.54) is 7.11 Å². The summed E-state index contributed by atoms with van der Waals surface area (Å²) in [7, 11) is -2.54. The van der Waals surface area contributed by atoms with Crippen LogP contribution >= 0.6 is 0 Å². The van der Waals surface area contributed by atoms with Gasteiger partial charge in [0.05, 0.1) is 12.0 Å². The number of azide groups is 1. The number of nitrogens with one attached hydrogen (secondary N) is 4. The summed E-state index contributed by atoms with van der Waals surface area (Å²) in [5.74, 6) is -1.17. The Morgan fingerprint density at radius 3 is 2.42 bits per heavy atom. The molecule has 0 saturated carbocycles. The summed E-state index contributed by atoms with van der Waals surface area (Å²) in [6.45, 7) is 9.79. The van der Waals surface area contributed by atoms with E-state index in [0.29, 0.717) is 22.4 Å². The summed E-state index contributed by atoms with van der Waals surface area (Å²) in [6, 6.07) is 0.618. The summed E-state index contributed by atoms with van der Waals surface area (Å²) in [5, 5.41) is 16.3. The van der Waals surface area contributed by atoms with E-state index in [9.17, 15) is 18.0 Å². The van der Waals surface area contributed by atoms with Crippen LogP contribution in [0.4, 0.5) is 0 Å². The van der Waals surface area contributed by atoms with E-state index in [1.807, 2.05) is 0 Å². The first-order chi connectivity index (χ1) is 16.6. The Hall–Kier alpha value is -3.51. The van der Waals surface area contributed by atoms with Crippen molar-refractivity contribution in [3.8, 4) is 5.75 Å². The average Bonchev–Trinajstić information content (AvgIpc) is 2.75. The first kappa shape index (κ1) is 30.5. The highest BCUT2D eigenvalue weighted by Gasteiger charge is 2.27. The molecule has 1 amide bonds. The van der Waals surface area contributed by atoms with Crippen molar-refractivity contribution in [1.82, 2.24) is 15.4 Å². The highest BCUT2D eigenvalue weighted by Crippen LogP contribution is 2.30. The summed E-state index contributed by atoms with van der Waals surface area (Å²) < 4.78 is 38.7. The smallest absolute Gasteiger partial charge is 0.329 e. The van der Waals surface area contributed by atoms with Gasteiger partial charge in [-0.15, -0.1) is 0 Å². The molecule has 1 aromatic carbocycles. The van der Waals surface area contributed by atoms with Gasteiger partial charge in [-0.1, -0.05) is 5.11 Å². The van der Waals surface area contributed by atoms with Crippen LogP contribution in [-0.4, -0.2) is 58.1 Å². The minimum atomic E-state index is -4.04. The number of methoxy groups -OCH3 is 1. The zero-order chi connectivity index (χ0) is 27.7. The summed E-state index contributed by atoms with van der Waals surface area (Å²) >= 11 is 0. The maximum absolute atomic E-state index is 12.9. The Bertz CT molecular complexity index is 1140. The molecule has 0 unspecified atom stereocenters. The molecule has 4 N–H and O–H groups in total. The van der Waals surface area contributed by atoms with Crippen molar-refractivity contribution in [3.05, 3.63) is 33.2 Å². The van der Waals surface area contributed by atoms with Gasteiger partial charge >= 0.3 is 5.97 Å². The van der Waals surface area contributed by atoms with Crippen LogP contribution in [0, 0.1) is 26.2 Å². The molecule has 0 aliphatic carbocycles. The quantitative estimate of drug-likeness (QED) is 0.0646. The molecule has 0 heterocycles. The van der Waals surface area contributed by atoms with Crippen LogP contribution in [0.2, 0.25) is 0 Å². The summed E-state index contributed by atoms with van der Waals surface area (Å²) in [6.07, 6.45) is 0.426. The molecule has 14 heteroatoms. The lowest BCUT2D eigenvalue weighted by molar-refractivity contribution is -0.158. The van der Waals surface area contributed by atoms with Crippen LogP contribution in [0.5, 0.6) is 5.75 Å². The van der Waals surface area contributed by atoms with Gasteiger partial charge in [-0.05, 0) is 82.7 Å². The van der Waals surface area contributed by atoms with Crippen molar-refractivity contribution in [2.24, 2.45) is 5.11 Å². The fraction of sp³-hybridized carbons (Fsp3) is 0.591. The summed E-state index contributed by atoms with van der Waals surface area (Å²) in [4.78, 5) is 27.0. The minimum absolute atomic E-state index is 0.0695. The van der Waals surface area contributed by atoms with Crippen molar-refractivity contribution in [3.63, 3.8) is 0 Å². The number of hydrogen-bond acceptors (Lipinski definition) is 8. The Morgan fingerprint density at radius 2 is 1.86 bits per heavy atom. The number of carbonyl (C=O) groups is 2. The number of aryl methyl sites for hydroxylation is 1. The number of sulfonamides is 1. The van der Waals surface area contributed by atoms with Crippen LogP contribution < -0.4 is 20.1 Å². The zero-order valence-electron chi connectivity index (χ0n) is 21.7. The first-order valence-corrected chi connectivity index (χ1v) is 12.6. The van der Waals surface area contributed by atoms with Gasteiger partial charge in [-0.3, -0.25) is 10.2 Å². The predicted octanol–water partition coefficient (Wildman–Crippen LogP) is 2.34. The average molecular weight is 526 g/mol. The maximum atomic E-state index is 12.9. The van der Waals surface area contributed by atoms with Gasteiger partial charge < -0.3 is 20.1 Å². The lowest BCUT2D eigenvalue weighted by Gasteiger charge is -2.24. The van der Waals surface area contributed by atoms with E-state index in [1.54, 1.807) is 47.6 Å². The van der Waals surface area contributed by atoms with Crippen LogP contribution in [0.25, 0.3) is 10.4 Å². The number of benzene rings is 1. The van der Waals surface area contributed by atoms with Crippen molar-refractivity contribution in [1.29, 1.82) is 5.41 Å². The molecule has 36 heavy (non-hydrogen) atoms. The van der Waals surface area contributed by atoms with Gasteiger partial charge in [0, 0.05) is 11.5 Å². The third kappa shape index (κ3) is 9.27. The zero-order valence-corrected chi connectivity index (χ0v) is 22.5. The molecule has 1 aromatic rings. The molecule has 0 aromatic heterocycles. The van der Waals surface area contributed by atoms with E-state index < -0.39 is 46.0 Å². The monoisotopic (exact) mass is 525 g/mol. The topological polar surface area (TPSA) is 195 Å². The van der Waals surface area contributed by atoms with E-state index in [0.717, 1.165) is 0 Å². The number of hydrogen-bond donors (Lipinski definition) is 4. The largest absolute Gasteiger partial charge is 0.496 e. The molecule has 200 valence electrons. The number of esters is 1. The van der Waals surface area contributed by atoms with Crippen LogP contribution in [0.15, 0.2) is 16.1 Å². The van der Waals surface area contributed by atoms with Crippen LogP contribution in [0.3, 0.4) is 0 Å². The normalized spacial score (nSPS) is 12.1. The Morgan fingerprint density at radius 1 is 1.22 bits per heavy atom. The van der Waals surface area contributed by atoms with Gasteiger partial charge in [0.15, 0.2) is 0 Å². The second-order valence-electron chi connectivity index (χ2n) is 9.07. The molecule has 0 bridgehead atoms. The van der Waals surface area contributed by atoms with Crippen molar-refractivity contribution in [2.45, 2.75) is 70.9 Å². The second kappa shape index (κ2) is 13.0. The fourth-order valence-corrected chi connectivity index (χ4v) is 4.83. The third-order valence-electron chi connectivity index (χ3n) is 4.98. The number of carbonyl (C=O) groups excluding carboxylic acids is 2. The number of guanidine groups is 1. The van der Waals surface area contributed by atoms with Crippen molar-refractivity contribution >= 4 is 27.9 Å². The Labute approximate surface area is 211 Å². The highest BCUT2D eigenvalue weighted by atomic mass is 32.2. The van der Waals surface area contributed by atoms with Gasteiger partial charge in [0.2, 0.25) is 11.9 Å².